The van der Waals surface area contributed by atoms with Crippen molar-refractivity contribution in [1.82, 2.24) is 9.97 Å². The van der Waals surface area contributed by atoms with Crippen molar-refractivity contribution in [3.8, 4) is 0 Å². The number of rotatable bonds is 3. The Morgan fingerprint density at radius 2 is 2.15 bits per heavy atom. The Bertz CT molecular complexity index is 636. The summed E-state index contributed by atoms with van der Waals surface area (Å²) in [6.07, 6.45) is 0.749. The van der Waals surface area contributed by atoms with Crippen LogP contribution in [0.3, 0.4) is 0 Å². The topological polar surface area (TPSA) is 61.0 Å². The quantitative estimate of drug-likeness (QED) is 0.881. The lowest BCUT2D eigenvalue weighted by molar-refractivity contribution is 0.109. The van der Waals surface area contributed by atoms with Crippen molar-refractivity contribution >= 4 is 17.6 Å². The van der Waals surface area contributed by atoms with Crippen molar-refractivity contribution in [2.45, 2.75) is 23.7 Å². The van der Waals surface area contributed by atoms with E-state index in [-0.39, 0.29) is 5.82 Å². The maximum Gasteiger partial charge on any atom is 0.141 e. The lowest BCUT2D eigenvalue weighted by Crippen LogP contribution is -2.16. The van der Waals surface area contributed by atoms with Crippen LogP contribution >= 0.6 is 11.8 Å². The molecule has 4 nitrogen and oxygen atoms in total. The van der Waals surface area contributed by atoms with Gasteiger partial charge in [0.2, 0.25) is 0 Å². The maximum absolute atomic E-state index is 13.5. The molecular formula is C14H14FN3OS. The van der Waals surface area contributed by atoms with E-state index in [2.05, 4.69) is 9.97 Å². The molecule has 1 aliphatic heterocycles. The van der Waals surface area contributed by atoms with Gasteiger partial charge in [-0.2, -0.15) is 0 Å². The third kappa shape index (κ3) is 2.76. The van der Waals surface area contributed by atoms with Crippen LogP contribution in [0.5, 0.6) is 0 Å². The van der Waals surface area contributed by atoms with E-state index in [1.165, 1.54) is 17.8 Å². The molecule has 0 amide bonds. The Morgan fingerprint density at radius 1 is 1.30 bits per heavy atom. The van der Waals surface area contributed by atoms with Crippen molar-refractivity contribution in [2.75, 3.05) is 12.3 Å². The fourth-order valence-corrected chi connectivity index (χ4v) is 2.87. The van der Waals surface area contributed by atoms with Gasteiger partial charge in [0.25, 0.3) is 0 Å². The molecule has 104 valence electrons. The van der Waals surface area contributed by atoms with Crippen LogP contribution in [-0.4, -0.2) is 16.6 Å². The van der Waals surface area contributed by atoms with Crippen molar-refractivity contribution in [3.05, 3.63) is 47.2 Å². The van der Waals surface area contributed by atoms with Crippen molar-refractivity contribution in [3.63, 3.8) is 0 Å². The van der Waals surface area contributed by atoms with Gasteiger partial charge in [-0.1, -0.05) is 12.1 Å². The van der Waals surface area contributed by atoms with Crippen molar-refractivity contribution in [1.29, 1.82) is 0 Å². The minimum absolute atomic E-state index is 0.225. The molecule has 1 aromatic heterocycles. The van der Waals surface area contributed by atoms with Crippen LogP contribution in [0.15, 0.2) is 29.2 Å². The number of ether oxygens (including phenoxy) is 1. The van der Waals surface area contributed by atoms with E-state index in [1.807, 2.05) is 6.07 Å². The van der Waals surface area contributed by atoms with Gasteiger partial charge in [0, 0.05) is 16.9 Å². The predicted octanol–water partition coefficient (Wildman–Crippen LogP) is 2.56. The number of nitrogens with zero attached hydrogens (tertiary/aromatic N) is 2. The molecule has 3 rings (SSSR count). The second kappa shape index (κ2) is 5.76. The molecule has 0 bridgehead atoms. The number of aromatic nitrogens is 2. The first kappa shape index (κ1) is 13.3. The summed E-state index contributed by atoms with van der Waals surface area (Å²) in [5, 5.41) is 0. The first-order valence-electron chi connectivity index (χ1n) is 6.33. The average Bonchev–Trinajstić information content (AvgIpc) is 2.46. The minimum Gasteiger partial charge on any atom is -0.383 e. The van der Waals surface area contributed by atoms with Gasteiger partial charge in [-0.05, 0) is 12.1 Å². The molecule has 6 heteroatoms. The number of fused-ring (bicyclic) bond motifs is 1. The fourth-order valence-electron chi connectivity index (χ4n) is 2.08. The molecule has 2 N–H and O–H groups in total. The fraction of sp³-hybridized carbons (Fsp3) is 0.286. The smallest absolute Gasteiger partial charge is 0.141 e. The Morgan fingerprint density at radius 3 is 3.00 bits per heavy atom. The molecule has 0 unspecified atom stereocenters. The lowest BCUT2D eigenvalue weighted by Gasteiger charge is -2.17. The highest BCUT2D eigenvalue weighted by Gasteiger charge is 2.16. The molecule has 1 aromatic carbocycles. The van der Waals surface area contributed by atoms with Crippen LogP contribution in [0.2, 0.25) is 0 Å². The summed E-state index contributed by atoms with van der Waals surface area (Å²) in [6, 6.07) is 6.68. The van der Waals surface area contributed by atoms with Crippen LogP contribution in [0.4, 0.5) is 10.2 Å². The van der Waals surface area contributed by atoms with Crippen LogP contribution in [-0.2, 0) is 23.5 Å². The van der Waals surface area contributed by atoms with Gasteiger partial charge in [-0.3, -0.25) is 0 Å². The zero-order valence-electron chi connectivity index (χ0n) is 10.8. The van der Waals surface area contributed by atoms with Gasteiger partial charge in [0.15, 0.2) is 0 Å². The van der Waals surface area contributed by atoms with E-state index < -0.39 is 0 Å². The standard InChI is InChI=1S/C14H14FN3OS/c15-10-3-1-2-4-12(10)20-8-13-17-11-5-6-19-7-9(11)14(16)18-13/h1-4H,5-8H2,(H2,16,17,18). The summed E-state index contributed by atoms with van der Waals surface area (Å²) in [7, 11) is 0. The number of nitrogen functional groups attached to an aromatic ring is 1. The van der Waals surface area contributed by atoms with E-state index in [0.717, 1.165) is 17.7 Å². The van der Waals surface area contributed by atoms with Crippen LogP contribution in [0.25, 0.3) is 0 Å². The summed E-state index contributed by atoms with van der Waals surface area (Å²) in [5.74, 6) is 1.38. The maximum atomic E-state index is 13.5. The summed E-state index contributed by atoms with van der Waals surface area (Å²) in [5.41, 5.74) is 7.76. The van der Waals surface area contributed by atoms with Gasteiger partial charge in [0.05, 0.1) is 24.7 Å². The molecule has 0 radical (unpaired) electrons. The minimum atomic E-state index is -0.225. The largest absolute Gasteiger partial charge is 0.383 e. The zero-order valence-corrected chi connectivity index (χ0v) is 11.6. The van der Waals surface area contributed by atoms with Crippen LogP contribution in [0.1, 0.15) is 17.1 Å². The predicted molar refractivity (Wildman–Crippen MR) is 75.8 cm³/mol. The van der Waals surface area contributed by atoms with Gasteiger partial charge in [-0.15, -0.1) is 11.8 Å². The number of benzene rings is 1. The second-order valence-electron chi connectivity index (χ2n) is 4.47. The SMILES string of the molecule is Nc1nc(CSc2ccccc2F)nc2c1COCC2. The number of nitrogens with two attached hydrogens (primary N) is 1. The monoisotopic (exact) mass is 291 g/mol. The van der Waals surface area contributed by atoms with Crippen molar-refractivity contribution in [2.24, 2.45) is 0 Å². The number of thioether (sulfide) groups is 1. The molecule has 0 saturated carbocycles. The van der Waals surface area contributed by atoms with E-state index in [4.69, 9.17) is 10.5 Å². The number of hydrogen-bond acceptors (Lipinski definition) is 5. The van der Waals surface area contributed by atoms with Gasteiger partial charge in [0.1, 0.15) is 17.5 Å². The third-order valence-electron chi connectivity index (χ3n) is 3.09. The summed E-state index contributed by atoms with van der Waals surface area (Å²) < 4.78 is 18.9. The Hall–Kier alpha value is -1.66. The summed E-state index contributed by atoms with van der Waals surface area (Å²) in [6.45, 7) is 1.13. The number of anilines is 1. The second-order valence-corrected chi connectivity index (χ2v) is 5.49. The number of hydrogen-bond donors (Lipinski definition) is 1. The first-order valence-corrected chi connectivity index (χ1v) is 7.32. The molecule has 0 saturated heterocycles. The Balaban J connectivity index is 1.78. The molecule has 2 heterocycles. The average molecular weight is 291 g/mol. The van der Waals surface area contributed by atoms with E-state index in [9.17, 15) is 4.39 Å². The highest BCUT2D eigenvalue weighted by molar-refractivity contribution is 7.98. The Kier molecular flexibility index (Phi) is 3.84. The van der Waals surface area contributed by atoms with E-state index in [1.54, 1.807) is 12.1 Å². The zero-order chi connectivity index (χ0) is 13.9. The molecule has 20 heavy (non-hydrogen) atoms. The normalized spacial score (nSPS) is 14.1. The molecular weight excluding hydrogens is 277 g/mol. The van der Waals surface area contributed by atoms with Crippen molar-refractivity contribution < 1.29 is 9.13 Å². The Labute approximate surface area is 120 Å². The third-order valence-corrected chi connectivity index (χ3v) is 4.14. The van der Waals surface area contributed by atoms with E-state index >= 15 is 0 Å². The first-order chi connectivity index (χ1) is 9.74. The van der Waals surface area contributed by atoms with Crippen LogP contribution < -0.4 is 5.73 Å². The molecule has 1 aliphatic rings. The molecule has 2 aromatic rings. The van der Waals surface area contributed by atoms with Gasteiger partial charge in [-0.25, -0.2) is 14.4 Å². The number of halogens is 1. The van der Waals surface area contributed by atoms with E-state index in [0.29, 0.717) is 35.5 Å². The molecule has 0 fully saturated rings. The molecule has 0 aliphatic carbocycles. The highest BCUT2D eigenvalue weighted by Crippen LogP contribution is 2.26. The highest BCUT2D eigenvalue weighted by atomic mass is 32.2. The molecule has 0 spiro atoms. The van der Waals surface area contributed by atoms with Crippen LogP contribution in [0, 0.1) is 5.82 Å². The lowest BCUT2D eigenvalue weighted by atomic mass is 10.1. The summed E-state index contributed by atoms with van der Waals surface area (Å²) in [4.78, 5) is 9.37. The summed E-state index contributed by atoms with van der Waals surface area (Å²) >= 11 is 1.37. The van der Waals surface area contributed by atoms with Gasteiger partial charge >= 0.3 is 0 Å². The molecule has 0 atom stereocenters. The van der Waals surface area contributed by atoms with Gasteiger partial charge < -0.3 is 10.5 Å².